The predicted molar refractivity (Wildman–Crippen MR) is 117 cm³/mol. The summed E-state index contributed by atoms with van der Waals surface area (Å²) in [7, 11) is 0. The molecule has 31 heavy (non-hydrogen) atoms. The number of carboxylic acid groups (broad SMARTS) is 1. The van der Waals surface area contributed by atoms with Gasteiger partial charge in [0, 0.05) is 11.5 Å². The molecule has 2 N–H and O–H groups in total. The van der Waals surface area contributed by atoms with Crippen LogP contribution in [0.15, 0.2) is 45.9 Å². The standard InChI is InChI=1S/C19H18N4O5S3/c1-10-21-22-19(31-10)30-9-11-8-29-17-14(16(25)23(17)15(11)18(26)27)20-13(24)7-28-12-5-3-2-4-6-12/h2-6,14,17H,7-9H2,1H3,(H,20,24)(H,26,27)/t14-,17-/m0/s1. The van der Waals surface area contributed by atoms with Gasteiger partial charge in [-0.15, -0.1) is 22.0 Å². The number of thioether (sulfide) groups is 2. The van der Waals surface area contributed by atoms with Crippen molar-refractivity contribution in [1.29, 1.82) is 0 Å². The van der Waals surface area contributed by atoms with Crippen LogP contribution in [0.1, 0.15) is 5.01 Å². The molecule has 9 nitrogen and oxygen atoms in total. The van der Waals surface area contributed by atoms with E-state index in [0.29, 0.717) is 22.8 Å². The van der Waals surface area contributed by atoms with Crippen LogP contribution in [0.2, 0.25) is 0 Å². The Morgan fingerprint density at radius 3 is 2.77 bits per heavy atom. The number of benzene rings is 1. The second kappa shape index (κ2) is 9.28. The van der Waals surface area contributed by atoms with Crippen molar-refractivity contribution in [3.63, 3.8) is 0 Å². The highest BCUT2D eigenvalue weighted by Gasteiger charge is 2.54. The summed E-state index contributed by atoms with van der Waals surface area (Å²) in [6, 6.07) is 8.11. The summed E-state index contributed by atoms with van der Waals surface area (Å²) < 4.78 is 6.15. The summed E-state index contributed by atoms with van der Waals surface area (Å²) in [5, 5.41) is 20.8. The molecule has 0 radical (unpaired) electrons. The molecule has 2 aliphatic rings. The highest BCUT2D eigenvalue weighted by molar-refractivity contribution is 8.01. The largest absolute Gasteiger partial charge is 0.484 e. The molecule has 4 rings (SSSR count). The van der Waals surface area contributed by atoms with Crippen molar-refractivity contribution >= 4 is 52.6 Å². The molecule has 1 aromatic heterocycles. The fraction of sp³-hybridized carbons (Fsp3) is 0.316. The summed E-state index contributed by atoms with van der Waals surface area (Å²) in [4.78, 5) is 38.1. The van der Waals surface area contributed by atoms with Crippen molar-refractivity contribution < 1.29 is 24.2 Å². The van der Waals surface area contributed by atoms with Gasteiger partial charge in [0.2, 0.25) is 0 Å². The molecule has 0 aliphatic carbocycles. The normalized spacial score (nSPS) is 20.2. The molecule has 2 aliphatic heterocycles. The number of aliphatic carboxylic acids is 1. The molecule has 1 aromatic carbocycles. The van der Waals surface area contributed by atoms with Crippen molar-refractivity contribution in [2.45, 2.75) is 22.7 Å². The Kier molecular flexibility index (Phi) is 6.49. The van der Waals surface area contributed by atoms with Gasteiger partial charge in [-0.1, -0.05) is 41.3 Å². The summed E-state index contributed by atoms with van der Waals surface area (Å²) in [6.07, 6.45) is 0. The number of para-hydroxylation sites is 1. The molecule has 2 atom stereocenters. The molecule has 1 fully saturated rings. The van der Waals surface area contributed by atoms with Crippen LogP contribution < -0.4 is 10.1 Å². The number of nitrogens with one attached hydrogen (secondary N) is 1. The molecule has 0 bridgehead atoms. The first-order valence-corrected chi connectivity index (χ1v) is 12.1. The molecule has 12 heteroatoms. The lowest BCUT2D eigenvalue weighted by molar-refractivity contribution is -0.150. The molecular weight excluding hydrogens is 460 g/mol. The van der Waals surface area contributed by atoms with Gasteiger partial charge in [0.15, 0.2) is 10.9 Å². The number of rotatable bonds is 8. The van der Waals surface area contributed by atoms with Gasteiger partial charge in [0.1, 0.15) is 27.9 Å². The Bertz CT molecular complexity index is 1040. The number of aryl methyl sites for hydroxylation is 1. The first-order valence-electron chi connectivity index (χ1n) is 9.24. The molecule has 3 heterocycles. The number of carbonyl (C=O) groups excluding carboxylic acids is 2. The number of aromatic nitrogens is 2. The second-order valence-electron chi connectivity index (χ2n) is 6.69. The Hall–Kier alpha value is -2.57. The number of ether oxygens (including phenoxy) is 1. The van der Waals surface area contributed by atoms with E-state index in [1.807, 2.05) is 13.0 Å². The van der Waals surface area contributed by atoms with Crippen molar-refractivity contribution in [3.05, 3.63) is 46.6 Å². The number of hydrogen-bond acceptors (Lipinski definition) is 9. The van der Waals surface area contributed by atoms with E-state index in [-0.39, 0.29) is 12.3 Å². The maximum absolute atomic E-state index is 12.7. The third-order valence-electron chi connectivity index (χ3n) is 4.56. The Morgan fingerprint density at radius 1 is 1.32 bits per heavy atom. The lowest BCUT2D eigenvalue weighted by Gasteiger charge is -2.49. The Morgan fingerprint density at radius 2 is 2.10 bits per heavy atom. The average molecular weight is 479 g/mol. The van der Waals surface area contributed by atoms with Crippen LogP contribution in [0.5, 0.6) is 5.75 Å². The Labute approximate surface area is 190 Å². The maximum Gasteiger partial charge on any atom is 0.352 e. The number of carbonyl (C=O) groups is 3. The molecule has 0 spiro atoms. The summed E-state index contributed by atoms with van der Waals surface area (Å²) in [6.45, 7) is 1.62. The highest BCUT2D eigenvalue weighted by Crippen LogP contribution is 2.41. The number of β-lactam (4-membered cyclic amide) rings is 1. The molecule has 0 saturated carbocycles. The minimum Gasteiger partial charge on any atom is -0.484 e. The van der Waals surface area contributed by atoms with Crippen molar-refractivity contribution in [3.8, 4) is 5.75 Å². The van der Waals surface area contributed by atoms with Gasteiger partial charge in [-0.25, -0.2) is 4.79 Å². The van der Waals surface area contributed by atoms with Crippen LogP contribution in [0.3, 0.4) is 0 Å². The van der Waals surface area contributed by atoms with Gasteiger partial charge in [0.05, 0.1) is 0 Å². The van der Waals surface area contributed by atoms with Crippen molar-refractivity contribution in [2.75, 3.05) is 18.1 Å². The maximum atomic E-state index is 12.7. The number of hydrogen-bond donors (Lipinski definition) is 2. The molecular formula is C19H18N4O5S3. The lowest BCUT2D eigenvalue weighted by atomic mass is 10.0. The van der Waals surface area contributed by atoms with Crippen molar-refractivity contribution in [2.24, 2.45) is 0 Å². The van der Waals surface area contributed by atoms with Gasteiger partial charge in [0.25, 0.3) is 11.8 Å². The first kappa shape index (κ1) is 21.7. The zero-order valence-corrected chi connectivity index (χ0v) is 18.8. The fourth-order valence-electron chi connectivity index (χ4n) is 3.16. The zero-order valence-electron chi connectivity index (χ0n) is 16.3. The number of nitrogens with zero attached hydrogens (tertiary/aromatic N) is 3. The van der Waals surface area contributed by atoms with Crippen LogP contribution in [-0.2, 0) is 14.4 Å². The predicted octanol–water partition coefficient (Wildman–Crippen LogP) is 1.76. The minimum absolute atomic E-state index is 0.00600. The van der Waals surface area contributed by atoms with E-state index in [2.05, 4.69) is 15.5 Å². The van der Waals surface area contributed by atoms with Crippen LogP contribution in [0, 0.1) is 6.92 Å². The van der Waals surface area contributed by atoms with E-state index < -0.39 is 29.2 Å². The zero-order chi connectivity index (χ0) is 22.0. The first-order chi connectivity index (χ1) is 14.9. The summed E-state index contributed by atoms with van der Waals surface area (Å²) in [5.41, 5.74) is 0.644. The van der Waals surface area contributed by atoms with E-state index in [0.717, 1.165) is 9.35 Å². The van der Waals surface area contributed by atoms with Gasteiger partial charge in [-0.3, -0.25) is 14.5 Å². The van der Waals surface area contributed by atoms with E-state index in [1.165, 1.54) is 39.8 Å². The van der Waals surface area contributed by atoms with Crippen LogP contribution in [0.25, 0.3) is 0 Å². The molecule has 162 valence electrons. The number of fused-ring (bicyclic) bond motifs is 1. The molecule has 2 amide bonds. The van der Waals surface area contributed by atoms with E-state index in [1.54, 1.807) is 24.3 Å². The third-order valence-corrected chi connectivity index (χ3v) is 7.95. The fourth-order valence-corrected chi connectivity index (χ4v) is 6.46. The van der Waals surface area contributed by atoms with Gasteiger partial charge in [-0.2, -0.15) is 0 Å². The van der Waals surface area contributed by atoms with E-state index in [9.17, 15) is 19.5 Å². The van der Waals surface area contributed by atoms with Crippen molar-refractivity contribution in [1.82, 2.24) is 20.4 Å². The van der Waals surface area contributed by atoms with E-state index in [4.69, 9.17) is 4.74 Å². The summed E-state index contributed by atoms with van der Waals surface area (Å²) >= 11 is 4.27. The molecule has 2 aromatic rings. The number of carboxylic acids is 1. The second-order valence-corrected chi connectivity index (χ2v) is 10.2. The van der Waals surface area contributed by atoms with Crippen LogP contribution in [0.4, 0.5) is 0 Å². The lowest BCUT2D eigenvalue weighted by Crippen LogP contribution is -2.70. The van der Waals surface area contributed by atoms with Gasteiger partial charge < -0.3 is 15.2 Å². The van der Waals surface area contributed by atoms with Gasteiger partial charge >= 0.3 is 5.97 Å². The van der Waals surface area contributed by atoms with E-state index >= 15 is 0 Å². The van der Waals surface area contributed by atoms with Crippen LogP contribution in [-0.4, -0.2) is 67.5 Å². The quantitative estimate of drug-likeness (QED) is 0.432. The number of amides is 2. The topological polar surface area (TPSA) is 122 Å². The Balaban J connectivity index is 1.38. The van der Waals surface area contributed by atoms with Gasteiger partial charge in [-0.05, 0) is 24.6 Å². The summed E-state index contributed by atoms with van der Waals surface area (Å²) in [5.74, 6) is -0.613. The third kappa shape index (κ3) is 4.70. The average Bonchev–Trinajstić information content (AvgIpc) is 3.19. The SMILES string of the molecule is Cc1nnc(SCC2=C(C(=O)O)N3C(=O)[C@H](NC(=O)COc4ccccc4)[C@@H]3SC2)s1. The smallest absolute Gasteiger partial charge is 0.352 e. The molecule has 1 saturated heterocycles. The minimum atomic E-state index is -1.15. The monoisotopic (exact) mass is 478 g/mol. The highest BCUT2D eigenvalue weighted by atomic mass is 32.2. The molecule has 0 unspecified atom stereocenters. The van der Waals surface area contributed by atoms with Crippen LogP contribution >= 0.6 is 34.9 Å².